The minimum atomic E-state index is 0.231. The fourth-order valence-corrected chi connectivity index (χ4v) is 2.67. The first-order chi connectivity index (χ1) is 8.74. The predicted octanol–water partition coefficient (Wildman–Crippen LogP) is 2.22. The van der Waals surface area contributed by atoms with Crippen molar-refractivity contribution in [1.82, 2.24) is 4.98 Å². The molecule has 4 nitrogen and oxygen atoms in total. The third-order valence-electron chi connectivity index (χ3n) is 3.64. The van der Waals surface area contributed by atoms with Gasteiger partial charge < -0.3 is 10.4 Å². The van der Waals surface area contributed by atoms with Crippen molar-refractivity contribution in [3.05, 3.63) is 23.4 Å². The van der Waals surface area contributed by atoms with Crippen LogP contribution in [0.4, 0.5) is 5.82 Å². The number of aromatic nitrogens is 1. The minimum absolute atomic E-state index is 0.231. The maximum absolute atomic E-state index is 9.08. The maximum atomic E-state index is 9.08. The van der Waals surface area contributed by atoms with Crippen LogP contribution < -0.4 is 5.32 Å². The van der Waals surface area contributed by atoms with Crippen LogP contribution >= 0.6 is 0 Å². The van der Waals surface area contributed by atoms with E-state index in [9.17, 15) is 0 Å². The number of aliphatic hydroxyl groups is 1. The number of nitriles is 1. The summed E-state index contributed by atoms with van der Waals surface area (Å²) < 4.78 is 0. The van der Waals surface area contributed by atoms with Crippen molar-refractivity contribution in [2.45, 2.75) is 38.6 Å². The van der Waals surface area contributed by atoms with Gasteiger partial charge in [0.25, 0.3) is 0 Å². The van der Waals surface area contributed by atoms with Crippen molar-refractivity contribution in [1.29, 1.82) is 5.26 Å². The molecule has 96 valence electrons. The van der Waals surface area contributed by atoms with E-state index in [2.05, 4.69) is 16.4 Å². The van der Waals surface area contributed by atoms with Gasteiger partial charge in [-0.25, -0.2) is 4.98 Å². The first-order valence-electron chi connectivity index (χ1n) is 6.49. The standard InChI is InChI=1S/C14H19N3O/c1-10-5-6-12(9-15)14(16-10)17-13-4-2-3-11(13)7-8-18/h5-6,11,13,18H,2-4,7-8H2,1H3,(H,16,17). The molecule has 0 aromatic carbocycles. The Balaban J connectivity index is 2.13. The van der Waals surface area contributed by atoms with Gasteiger partial charge in [0.15, 0.2) is 0 Å². The lowest BCUT2D eigenvalue weighted by molar-refractivity contribution is 0.254. The summed E-state index contributed by atoms with van der Waals surface area (Å²) in [5.74, 6) is 1.18. The highest BCUT2D eigenvalue weighted by molar-refractivity contribution is 5.52. The molecule has 1 aromatic rings. The number of aliphatic hydroxyl groups excluding tert-OH is 1. The zero-order chi connectivity index (χ0) is 13.0. The van der Waals surface area contributed by atoms with Crippen LogP contribution in [0.3, 0.4) is 0 Å². The summed E-state index contributed by atoms with van der Waals surface area (Å²) in [5.41, 5.74) is 1.50. The molecule has 0 saturated heterocycles. The number of nitrogens with one attached hydrogen (secondary N) is 1. The second kappa shape index (κ2) is 5.83. The summed E-state index contributed by atoms with van der Waals surface area (Å²) in [6.45, 7) is 2.15. The van der Waals surface area contributed by atoms with E-state index < -0.39 is 0 Å². The van der Waals surface area contributed by atoms with Crippen molar-refractivity contribution in [2.75, 3.05) is 11.9 Å². The van der Waals surface area contributed by atoms with Crippen LogP contribution in [0.25, 0.3) is 0 Å². The Morgan fingerprint density at radius 1 is 1.50 bits per heavy atom. The van der Waals surface area contributed by atoms with E-state index in [1.165, 1.54) is 6.42 Å². The Kier molecular flexibility index (Phi) is 4.16. The Morgan fingerprint density at radius 2 is 2.33 bits per heavy atom. The maximum Gasteiger partial charge on any atom is 0.144 e. The van der Waals surface area contributed by atoms with E-state index in [0.717, 1.165) is 25.0 Å². The summed E-state index contributed by atoms with van der Waals surface area (Å²) in [6.07, 6.45) is 4.23. The number of hydrogen-bond acceptors (Lipinski definition) is 4. The van der Waals surface area contributed by atoms with Crippen LogP contribution in [0.15, 0.2) is 12.1 Å². The quantitative estimate of drug-likeness (QED) is 0.853. The molecule has 0 radical (unpaired) electrons. The molecule has 1 aliphatic carbocycles. The highest BCUT2D eigenvalue weighted by Gasteiger charge is 2.27. The Morgan fingerprint density at radius 3 is 3.06 bits per heavy atom. The number of aryl methyl sites for hydroxylation is 1. The number of nitrogens with zero attached hydrogens (tertiary/aromatic N) is 2. The largest absolute Gasteiger partial charge is 0.396 e. The second-order valence-corrected chi connectivity index (χ2v) is 4.91. The summed E-state index contributed by atoms with van der Waals surface area (Å²) in [7, 11) is 0. The zero-order valence-corrected chi connectivity index (χ0v) is 10.7. The third kappa shape index (κ3) is 2.80. The molecule has 0 aliphatic heterocycles. The fourth-order valence-electron chi connectivity index (χ4n) is 2.67. The molecule has 1 saturated carbocycles. The first kappa shape index (κ1) is 12.8. The molecule has 0 amide bonds. The molecule has 2 unspecified atom stereocenters. The lowest BCUT2D eigenvalue weighted by atomic mass is 10.00. The summed E-state index contributed by atoms with van der Waals surface area (Å²) in [6, 6.07) is 6.16. The van der Waals surface area contributed by atoms with E-state index in [0.29, 0.717) is 23.3 Å². The van der Waals surface area contributed by atoms with Gasteiger partial charge >= 0.3 is 0 Å². The van der Waals surface area contributed by atoms with Crippen molar-refractivity contribution >= 4 is 5.82 Å². The van der Waals surface area contributed by atoms with Gasteiger partial charge in [0.2, 0.25) is 0 Å². The van der Waals surface area contributed by atoms with Gasteiger partial charge in [0.1, 0.15) is 11.9 Å². The number of hydrogen-bond donors (Lipinski definition) is 2. The summed E-state index contributed by atoms with van der Waals surface area (Å²) in [5, 5.41) is 21.5. The second-order valence-electron chi connectivity index (χ2n) is 4.91. The van der Waals surface area contributed by atoms with Gasteiger partial charge in [-0.3, -0.25) is 0 Å². The van der Waals surface area contributed by atoms with Crippen LogP contribution in [0.2, 0.25) is 0 Å². The molecule has 0 bridgehead atoms. The number of rotatable bonds is 4. The lowest BCUT2D eigenvalue weighted by Gasteiger charge is -2.21. The van der Waals surface area contributed by atoms with Gasteiger partial charge in [-0.05, 0) is 44.2 Å². The Labute approximate surface area is 108 Å². The zero-order valence-electron chi connectivity index (χ0n) is 10.7. The molecule has 0 spiro atoms. The molecular weight excluding hydrogens is 226 g/mol. The molecule has 1 aliphatic rings. The van der Waals surface area contributed by atoms with Crippen LogP contribution in [0, 0.1) is 24.2 Å². The van der Waals surface area contributed by atoms with Crippen molar-refractivity contribution in [2.24, 2.45) is 5.92 Å². The van der Waals surface area contributed by atoms with Crippen molar-refractivity contribution in [3.8, 4) is 6.07 Å². The lowest BCUT2D eigenvalue weighted by Crippen LogP contribution is -2.25. The highest BCUT2D eigenvalue weighted by atomic mass is 16.3. The first-order valence-corrected chi connectivity index (χ1v) is 6.49. The molecular formula is C14H19N3O. The van der Waals surface area contributed by atoms with Gasteiger partial charge in [-0.2, -0.15) is 5.26 Å². The normalized spacial score (nSPS) is 22.7. The molecule has 18 heavy (non-hydrogen) atoms. The average Bonchev–Trinajstić information content (AvgIpc) is 2.78. The SMILES string of the molecule is Cc1ccc(C#N)c(NC2CCCC2CCO)n1. The van der Waals surface area contributed by atoms with Crippen LogP contribution in [0.5, 0.6) is 0 Å². The molecule has 1 fully saturated rings. The average molecular weight is 245 g/mol. The smallest absolute Gasteiger partial charge is 0.144 e. The Hall–Kier alpha value is -1.60. The molecule has 2 atom stereocenters. The van der Waals surface area contributed by atoms with Crippen LogP contribution in [0.1, 0.15) is 36.9 Å². The van der Waals surface area contributed by atoms with Crippen molar-refractivity contribution < 1.29 is 5.11 Å². The molecule has 1 heterocycles. The summed E-state index contributed by atoms with van der Waals surface area (Å²) in [4.78, 5) is 4.41. The molecule has 4 heteroatoms. The predicted molar refractivity (Wildman–Crippen MR) is 70.1 cm³/mol. The van der Waals surface area contributed by atoms with Crippen molar-refractivity contribution in [3.63, 3.8) is 0 Å². The van der Waals surface area contributed by atoms with Gasteiger partial charge in [0, 0.05) is 18.3 Å². The van der Waals surface area contributed by atoms with Crippen LogP contribution in [-0.2, 0) is 0 Å². The van der Waals surface area contributed by atoms with E-state index in [4.69, 9.17) is 10.4 Å². The molecule has 2 rings (SSSR count). The number of anilines is 1. The number of pyridine rings is 1. The topological polar surface area (TPSA) is 68.9 Å². The third-order valence-corrected chi connectivity index (χ3v) is 3.64. The fraction of sp³-hybridized carbons (Fsp3) is 0.571. The van der Waals surface area contributed by atoms with Gasteiger partial charge in [-0.15, -0.1) is 0 Å². The highest BCUT2D eigenvalue weighted by Crippen LogP contribution is 2.31. The molecule has 1 aromatic heterocycles. The van der Waals surface area contributed by atoms with E-state index in [-0.39, 0.29) is 6.61 Å². The Bertz CT molecular complexity index is 453. The van der Waals surface area contributed by atoms with Crippen LogP contribution in [-0.4, -0.2) is 22.7 Å². The van der Waals surface area contributed by atoms with Gasteiger partial charge in [0.05, 0.1) is 5.56 Å². The van der Waals surface area contributed by atoms with Gasteiger partial charge in [-0.1, -0.05) is 6.42 Å². The van der Waals surface area contributed by atoms with E-state index in [1.807, 2.05) is 13.0 Å². The van der Waals surface area contributed by atoms with E-state index >= 15 is 0 Å². The van der Waals surface area contributed by atoms with E-state index in [1.54, 1.807) is 6.07 Å². The molecule has 2 N–H and O–H groups in total. The summed E-state index contributed by atoms with van der Waals surface area (Å²) >= 11 is 0. The minimum Gasteiger partial charge on any atom is -0.396 e. The monoisotopic (exact) mass is 245 g/mol.